The monoisotopic (exact) mass is 488 g/mol. The average Bonchev–Trinajstić information content (AvgIpc) is 2.85. The van der Waals surface area contributed by atoms with Gasteiger partial charge in [-0.05, 0) is 66.6 Å². The molecule has 0 spiro atoms. The van der Waals surface area contributed by atoms with Gasteiger partial charge in [0.05, 0.1) is 18.5 Å². The van der Waals surface area contributed by atoms with E-state index in [2.05, 4.69) is 5.32 Å². The van der Waals surface area contributed by atoms with Gasteiger partial charge in [-0.2, -0.15) is 0 Å². The Bertz CT molecular complexity index is 1390. The number of nitrogens with one attached hydrogen (secondary N) is 1. The molecule has 1 N–H and O–H groups in total. The number of benzene rings is 4. The Labute approximate surface area is 207 Å². The molecule has 0 heterocycles. The van der Waals surface area contributed by atoms with Crippen LogP contribution in [0.25, 0.3) is 0 Å². The Hall–Kier alpha value is -4.39. The van der Waals surface area contributed by atoms with E-state index in [-0.39, 0.29) is 24.4 Å². The average molecular weight is 489 g/mol. The number of aryl methyl sites for hydroxylation is 1. The Balaban J connectivity index is 1.61. The SMILES string of the molecule is Cc1ccc(CN(C(=O)c2ccc(F)cc2F)c2cccc(CC(=O)Nc3ccc(F)cc3)c2)cc1. The molecule has 4 aromatic carbocycles. The van der Waals surface area contributed by atoms with Crippen LogP contribution in [0.4, 0.5) is 24.5 Å². The van der Waals surface area contributed by atoms with Crippen molar-refractivity contribution in [2.75, 3.05) is 10.2 Å². The first-order valence-electron chi connectivity index (χ1n) is 11.3. The fourth-order valence-corrected chi connectivity index (χ4v) is 3.72. The molecule has 182 valence electrons. The van der Waals surface area contributed by atoms with Crippen LogP contribution in [0.15, 0.2) is 91.0 Å². The molecule has 2 amide bonds. The van der Waals surface area contributed by atoms with Gasteiger partial charge in [-0.1, -0.05) is 42.0 Å². The zero-order chi connectivity index (χ0) is 25.7. The number of nitrogens with zero attached hydrogens (tertiary/aromatic N) is 1. The zero-order valence-corrected chi connectivity index (χ0v) is 19.5. The van der Waals surface area contributed by atoms with Crippen molar-refractivity contribution < 1.29 is 22.8 Å². The lowest BCUT2D eigenvalue weighted by Crippen LogP contribution is -2.31. The summed E-state index contributed by atoms with van der Waals surface area (Å²) in [4.78, 5) is 27.3. The van der Waals surface area contributed by atoms with Crippen molar-refractivity contribution in [3.63, 3.8) is 0 Å². The Morgan fingerprint density at radius 1 is 0.778 bits per heavy atom. The minimum atomic E-state index is -0.955. The summed E-state index contributed by atoms with van der Waals surface area (Å²) in [5.74, 6) is -3.09. The van der Waals surface area contributed by atoms with Crippen molar-refractivity contribution in [3.05, 3.63) is 131 Å². The maximum absolute atomic E-state index is 14.5. The van der Waals surface area contributed by atoms with Gasteiger partial charge in [-0.15, -0.1) is 0 Å². The number of amides is 2. The molecule has 4 aromatic rings. The molecule has 0 unspecified atom stereocenters. The van der Waals surface area contributed by atoms with Crippen LogP contribution in [0.5, 0.6) is 0 Å². The van der Waals surface area contributed by atoms with Crippen molar-refractivity contribution in [2.24, 2.45) is 0 Å². The maximum Gasteiger partial charge on any atom is 0.261 e. The van der Waals surface area contributed by atoms with Crippen LogP contribution < -0.4 is 10.2 Å². The van der Waals surface area contributed by atoms with E-state index >= 15 is 0 Å². The lowest BCUT2D eigenvalue weighted by Gasteiger charge is -2.24. The standard InChI is InChI=1S/C29H23F3N2O2/c1-19-5-7-20(8-6-19)18-34(29(36)26-14-11-23(31)17-27(26)32)25-4-2-3-21(15-25)16-28(35)33-24-12-9-22(30)10-13-24/h2-15,17H,16,18H2,1H3,(H,33,35). The minimum Gasteiger partial charge on any atom is -0.326 e. The molecule has 4 nitrogen and oxygen atoms in total. The summed E-state index contributed by atoms with van der Waals surface area (Å²) in [5.41, 5.74) is 3.14. The van der Waals surface area contributed by atoms with E-state index in [1.165, 1.54) is 29.2 Å². The second-order valence-electron chi connectivity index (χ2n) is 8.40. The maximum atomic E-state index is 14.5. The molecule has 36 heavy (non-hydrogen) atoms. The number of hydrogen-bond donors (Lipinski definition) is 1. The molecule has 0 aliphatic rings. The molecule has 4 rings (SSSR count). The van der Waals surface area contributed by atoms with Gasteiger partial charge in [0.25, 0.3) is 5.91 Å². The largest absolute Gasteiger partial charge is 0.326 e. The third-order valence-corrected chi connectivity index (χ3v) is 5.58. The summed E-state index contributed by atoms with van der Waals surface area (Å²) in [6, 6.07) is 22.6. The third kappa shape index (κ3) is 6.18. The molecule has 0 aromatic heterocycles. The topological polar surface area (TPSA) is 49.4 Å². The molecule has 0 fully saturated rings. The highest BCUT2D eigenvalue weighted by molar-refractivity contribution is 6.06. The second-order valence-corrected chi connectivity index (χ2v) is 8.40. The Kier molecular flexibility index (Phi) is 7.49. The van der Waals surface area contributed by atoms with Gasteiger partial charge in [0, 0.05) is 17.4 Å². The predicted molar refractivity (Wildman–Crippen MR) is 133 cm³/mol. The molecule has 0 radical (unpaired) electrons. The van der Waals surface area contributed by atoms with Gasteiger partial charge in [0.1, 0.15) is 17.5 Å². The highest BCUT2D eigenvalue weighted by atomic mass is 19.1. The van der Waals surface area contributed by atoms with Gasteiger partial charge in [0.15, 0.2) is 0 Å². The van der Waals surface area contributed by atoms with Crippen LogP contribution in [-0.2, 0) is 17.8 Å². The fourth-order valence-electron chi connectivity index (χ4n) is 3.72. The highest BCUT2D eigenvalue weighted by Crippen LogP contribution is 2.24. The van der Waals surface area contributed by atoms with E-state index in [0.717, 1.165) is 23.3 Å². The summed E-state index contributed by atoms with van der Waals surface area (Å²) in [6.45, 7) is 2.09. The number of carbonyl (C=O) groups is 2. The van der Waals surface area contributed by atoms with Crippen molar-refractivity contribution in [3.8, 4) is 0 Å². The van der Waals surface area contributed by atoms with Crippen LogP contribution in [0.1, 0.15) is 27.0 Å². The molecular weight excluding hydrogens is 465 g/mol. The van der Waals surface area contributed by atoms with Gasteiger partial charge in [0.2, 0.25) is 5.91 Å². The minimum absolute atomic E-state index is 0.00267. The van der Waals surface area contributed by atoms with Crippen LogP contribution >= 0.6 is 0 Å². The van der Waals surface area contributed by atoms with E-state index in [4.69, 9.17) is 0 Å². The van der Waals surface area contributed by atoms with Gasteiger partial charge in [-0.25, -0.2) is 13.2 Å². The first kappa shape index (κ1) is 24.7. The summed E-state index contributed by atoms with van der Waals surface area (Å²) < 4.78 is 41.0. The number of halogens is 3. The molecule has 0 bridgehead atoms. The fraction of sp³-hybridized carbons (Fsp3) is 0.103. The third-order valence-electron chi connectivity index (χ3n) is 5.58. The Morgan fingerprint density at radius 3 is 2.17 bits per heavy atom. The zero-order valence-electron chi connectivity index (χ0n) is 19.5. The van der Waals surface area contributed by atoms with Crippen LogP contribution in [0.2, 0.25) is 0 Å². The number of carbonyl (C=O) groups excluding carboxylic acids is 2. The summed E-state index contributed by atoms with van der Waals surface area (Å²) >= 11 is 0. The van der Waals surface area contributed by atoms with Crippen LogP contribution in [0.3, 0.4) is 0 Å². The van der Waals surface area contributed by atoms with Crippen LogP contribution in [0, 0.1) is 24.4 Å². The molecule has 0 aliphatic carbocycles. The van der Waals surface area contributed by atoms with Crippen molar-refractivity contribution in [1.82, 2.24) is 0 Å². The highest BCUT2D eigenvalue weighted by Gasteiger charge is 2.22. The first-order chi connectivity index (χ1) is 17.3. The molecule has 0 saturated heterocycles. The number of anilines is 2. The van der Waals surface area contributed by atoms with Gasteiger partial charge >= 0.3 is 0 Å². The number of rotatable bonds is 7. The lowest BCUT2D eigenvalue weighted by molar-refractivity contribution is -0.115. The van der Waals surface area contributed by atoms with E-state index in [0.29, 0.717) is 23.0 Å². The number of hydrogen-bond acceptors (Lipinski definition) is 2. The van der Waals surface area contributed by atoms with Crippen molar-refractivity contribution in [2.45, 2.75) is 19.9 Å². The van der Waals surface area contributed by atoms with E-state index in [9.17, 15) is 22.8 Å². The predicted octanol–water partition coefficient (Wildman–Crippen LogP) is 6.44. The summed E-state index contributed by atoms with van der Waals surface area (Å²) in [6.07, 6.45) is 0.00267. The Morgan fingerprint density at radius 2 is 1.47 bits per heavy atom. The van der Waals surface area contributed by atoms with Gasteiger partial charge < -0.3 is 10.2 Å². The van der Waals surface area contributed by atoms with E-state index < -0.39 is 23.4 Å². The molecular formula is C29H23F3N2O2. The molecule has 0 atom stereocenters. The van der Waals surface area contributed by atoms with E-state index in [1.54, 1.807) is 24.3 Å². The molecule has 0 aliphatic heterocycles. The second kappa shape index (κ2) is 10.9. The lowest BCUT2D eigenvalue weighted by atomic mass is 10.1. The normalized spacial score (nSPS) is 10.7. The van der Waals surface area contributed by atoms with Crippen molar-refractivity contribution in [1.29, 1.82) is 0 Å². The first-order valence-corrected chi connectivity index (χ1v) is 11.3. The quantitative estimate of drug-likeness (QED) is 0.325. The van der Waals surface area contributed by atoms with Crippen molar-refractivity contribution >= 4 is 23.2 Å². The van der Waals surface area contributed by atoms with Crippen LogP contribution in [-0.4, -0.2) is 11.8 Å². The molecule has 0 saturated carbocycles. The summed E-state index contributed by atoms with van der Waals surface area (Å²) in [7, 11) is 0. The summed E-state index contributed by atoms with van der Waals surface area (Å²) in [5, 5.41) is 2.70. The molecule has 7 heteroatoms. The van der Waals surface area contributed by atoms with Gasteiger partial charge in [-0.3, -0.25) is 9.59 Å². The smallest absolute Gasteiger partial charge is 0.261 e. The van der Waals surface area contributed by atoms with E-state index in [1.807, 2.05) is 31.2 Å².